The van der Waals surface area contributed by atoms with E-state index >= 15 is 0 Å². The molecule has 0 bridgehead atoms. The van der Waals surface area contributed by atoms with E-state index in [9.17, 15) is 18.8 Å². The normalized spacial score (nSPS) is 24.3. The number of para-hydroxylation sites is 1. The summed E-state index contributed by atoms with van der Waals surface area (Å²) in [6.45, 7) is 1.79. The lowest BCUT2D eigenvalue weighted by molar-refractivity contribution is -0.134. The van der Waals surface area contributed by atoms with E-state index in [4.69, 9.17) is 0 Å². The van der Waals surface area contributed by atoms with Crippen LogP contribution in [-0.4, -0.2) is 47.2 Å². The van der Waals surface area contributed by atoms with Crippen molar-refractivity contribution in [3.05, 3.63) is 65.5 Å². The summed E-state index contributed by atoms with van der Waals surface area (Å²) < 4.78 is 13.7. The fourth-order valence-corrected chi connectivity index (χ4v) is 5.57. The van der Waals surface area contributed by atoms with Crippen molar-refractivity contribution in [1.29, 1.82) is 0 Å². The molecule has 0 radical (unpaired) electrons. The molecule has 6 nitrogen and oxygen atoms in total. The highest BCUT2D eigenvalue weighted by Gasteiger charge is 2.59. The monoisotopic (exact) mass is 435 g/mol. The Morgan fingerprint density at radius 2 is 1.88 bits per heavy atom. The van der Waals surface area contributed by atoms with Gasteiger partial charge in [-0.1, -0.05) is 30.3 Å². The van der Waals surface area contributed by atoms with E-state index in [2.05, 4.69) is 5.32 Å². The number of halogens is 1. The summed E-state index contributed by atoms with van der Waals surface area (Å²) in [5.41, 5.74) is 1.51. The first-order valence-corrected chi connectivity index (χ1v) is 11.2. The second-order valence-corrected chi connectivity index (χ2v) is 8.85. The van der Waals surface area contributed by atoms with Crippen LogP contribution in [0.1, 0.15) is 49.3 Å². The number of nitrogens with zero attached hydrogens (tertiary/aromatic N) is 2. The molecule has 0 aliphatic carbocycles. The predicted molar refractivity (Wildman–Crippen MR) is 117 cm³/mol. The van der Waals surface area contributed by atoms with Crippen molar-refractivity contribution in [3.8, 4) is 0 Å². The van der Waals surface area contributed by atoms with Crippen molar-refractivity contribution in [1.82, 2.24) is 9.80 Å². The standard InChI is InChI=1S/C25H26FN3O3/c26-18-11-9-17(10-12-18)23-25(19-5-1-2-6-20(19)27-24(25)32)13-16-29(23)22(31)8-4-15-28-14-3-7-21(28)30/h1-2,5-6,9-12,23H,3-4,7-8,13-16H2,(H,27,32)/t23-,25+/m0/s1. The number of fused-ring (bicyclic) bond motifs is 2. The molecule has 0 unspecified atom stereocenters. The van der Waals surface area contributed by atoms with E-state index < -0.39 is 11.5 Å². The maximum atomic E-state index is 13.7. The molecule has 1 spiro atoms. The lowest BCUT2D eigenvalue weighted by Crippen LogP contribution is -2.42. The fourth-order valence-electron chi connectivity index (χ4n) is 5.57. The number of likely N-dealkylation sites (tertiary alicyclic amines) is 2. The van der Waals surface area contributed by atoms with Crippen molar-refractivity contribution in [3.63, 3.8) is 0 Å². The van der Waals surface area contributed by atoms with Crippen molar-refractivity contribution in [2.24, 2.45) is 0 Å². The number of carbonyl (C=O) groups excluding carboxylic acids is 3. The number of carbonyl (C=O) groups is 3. The largest absolute Gasteiger partial charge is 0.343 e. The van der Waals surface area contributed by atoms with Gasteiger partial charge in [0.1, 0.15) is 11.2 Å². The number of anilines is 1. The molecule has 32 heavy (non-hydrogen) atoms. The van der Waals surface area contributed by atoms with E-state index in [0.29, 0.717) is 38.8 Å². The number of hydrogen-bond acceptors (Lipinski definition) is 3. The zero-order valence-corrected chi connectivity index (χ0v) is 17.9. The van der Waals surface area contributed by atoms with Gasteiger partial charge in [-0.05, 0) is 48.6 Å². The van der Waals surface area contributed by atoms with E-state index in [0.717, 1.165) is 29.8 Å². The summed E-state index contributed by atoms with van der Waals surface area (Å²) in [4.78, 5) is 42.1. The highest BCUT2D eigenvalue weighted by molar-refractivity contribution is 6.07. The third-order valence-electron chi connectivity index (χ3n) is 7.08. The van der Waals surface area contributed by atoms with Gasteiger partial charge in [-0.25, -0.2) is 4.39 Å². The summed E-state index contributed by atoms with van der Waals surface area (Å²) in [6.07, 6.45) is 2.87. The van der Waals surface area contributed by atoms with Gasteiger partial charge in [-0.2, -0.15) is 0 Å². The zero-order chi connectivity index (χ0) is 22.3. The predicted octanol–water partition coefficient (Wildman–Crippen LogP) is 3.39. The molecule has 7 heteroatoms. The smallest absolute Gasteiger partial charge is 0.237 e. The van der Waals surface area contributed by atoms with Crippen molar-refractivity contribution in [2.75, 3.05) is 25.0 Å². The van der Waals surface area contributed by atoms with Crippen LogP contribution in [0.25, 0.3) is 0 Å². The van der Waals surface area contributed by atoms with Gasteiger partial charge in [0.05, 0.1) is 6.04 Å². The van der Waals surface area contributed by atoms with Gasteiger partial charge in [-0.15, -0.1) is 0 Å². The average molecular weight is 435 g/mol. The van der Waals surface area contributed by atoms with E-state index in [1.165, 1.54) is 12.1 Å². The third kappa shape index (κ3) is 3.27. The molecule has 166 valence electrons. The van der Waals surface area contributed by atoms with Crippen molar-refractivity contribution >= 4 is 23.4 Å². The fraction of sp³-hybridized carbons (Fsp3) is 0.400. The first-order valence-electron chi connectivity index (χ1n) is 11.2. The van der Waals surface area contributed by atoms with Crippen LogP contribution >= 0.6 is 0 Å². The molecular weight excluding hydrogens is 409 g/mol. The van der Waals surface area contributed by atoms with Crippen LogP contribution in [0.3, 0.4) is 0 Å². The Morgan fingerprint density at radius 1 is 1.09 bits per heavy atom. The Bertz CT molecular complexity index is 1070. The molecule has 3 heterocycles. The van der Waals surface area contributed by atoms with Crippen molar-refractivity contribution < 1.29 is 18.8 Å². The molecule has 1 N–H and O–H groups in total. The molecule has 2 fully saturated rings. The van der Waals surface area contributed by atoms with E-state index in [-0.39, 0.29) is 23.5 Å². The average Bonchev–Trinajstić information content (AvgIpc) is 3.46. The molecular formula is C25H26FN3O3. The Kier molecular flexibility index (Phi) is 5.19. The van der Waals surface area contributed by atoms with Crippen LogP contribution in [-0.2, 0) is 19.8 Å². The maximum absolute atomic E-state index is 13.7. The van der Waals surface area contributed by atoms with E-state index in [1.54, 1.807) is 17.0 Å². The Balaban J connectivity index is 1.44. The Labute approximate surface area is 186 Å². The molecule has 5 rings (SSSR count). The minimum Gasteiger partial charge on any atom is -0.343 e. The Morgan fingerprint density at radius 3 is 2.62 bits per heavy atom. The lowest BCUT2D eigenvalue weighted by Gasteiger charge is -2.34. The molecule has 0 saturated carbocycles. The second kappa shape index (κ2) is 8.04. The maximum Gasteiger partial charge on any atom is 0.237 e. The highest BCUT2D eigenvalue weighted by atomic mass is 19.1. The summed E-state index contributed by atoms with van der Waals surface area (Å²) in [5.74, 6) is -0.364. The van der Waals surface area contributed by atoms with Gasteiger partial charge >= 0.3 is 0 Å². The minimum absolute atomic E-state index is 0.0416. The molecule has 3 aliphatic heterocycles. The highest BCUT2D eigenvalue weighted by Crippen LogP contribution is 2.54. The first kappa shape index (κ1) is 20.7. The van der Waals surface area contributed by atoms with Gasteiger partial charge < -0.3 is 15.1 Å². The van der Waals surface area contributed by atoms with E-state index in [1.807, 2.05) is 29.2 Å². The van der Waals surface area contributed by atoms with Crippen LogP contribution in [0, 0.1) is 5.82 Å². The molecule has 2 aromatic carbocycles. The van der Waals surface area contributed by atoms with Crippen LogP contribution in [0.2, 0.25) is 0 Å². The first-order chi connectivity index (χ1) is 15.5. The van der Waals surface area contributed by atoms with Gasteiger partial charge in [0.25, 0.3) is 0 Å². The molecule has 0 aromatic heterocycles. The topological polar surface area (TPSA) is 69.7 Å². The number of hydrogen-bond donors (Lipinski definition) is 1. The number of nitrogens with one attached hydrogen (secondary N) is 1. The van der Waals surface area contributed by atoms with Crippen molar-refractivity contribution in [2.45, 2.75) is 43.6 Å². The lowest BCUT2D eigenvalue weighted by atomic mass is 9.72. The summed E-state index contributed by atoms with van der Waals surface area (Å²) >= 11 is 0. The summed E-state index contributed by atoms with van der Waals surface area (Å²) in [7, 11) is 0. The molecule has 2 saturated heterocycles. The number of amides is 3. The van der Waals surface area contributed by atoms with Gasteiger partial charge in [-0.3, -0.25) is 14.4 Å². The number of benzene rings is 2. The molecule has 2 aromatic rings. The van der Waals surface area contributed by atoms with Crippen LogP contribution in [0.15, 0.2) is 48.5 Å². The van der Waals surface area contributed by atoms with Crippen LogP contribution in [0.4, 0.5) is 10.1 Å². The molecule has 3 amide bonds. The van der Waals surface area contributed by atoms with Gasteiger partial charge in [0.2, 0.25) is 17.7 Å². The van der Waals surface area contributed by atoms with Crippen LogP contribution < -0.4 is 5.32 Å². The molecule has 3 aliphatic rings. The van der Waals surface area contributed by atoms with Gasteiger partial charge in [0, 0.05) is 38.2 Å². The Hall–Kier alpha value is -3.22. The summed E-state index contributed by atoms with van der Waals surface area (Å²) in [5, 5.41) is 2.99. The quantitative estimate of drug-likeness (QED) is 0.783. The number of rotatable bonds is 5. The van der Waals surface area contributed by atoms with Gasteiger partial charge in [0.15, 0.2) is 0 Å². The summed E-state index contributed by atoms with van der Waals surface area (Å²) in [6, 6.07) is 13.2. The second-order valence-electron chi connectivity index (χ2n) is 8.85. The SMILES string of the molecule is O=C1CCCN1CCCC(=O)N1CC[C@]2(C(=O)Nc3ccccc32)[C@@H]1c1ccc(F)cc1. The van der Waals surface area contributed by atoms with Crippen LogP contribution in [0.5, 0.6) is 0 Å². The zero-order valence-electron chi connectivity index (χ0n) is 17.9. The minimum atomic E-state index is -0.894. The molecule has 2 atom stereocenters. The third-order valence-corrected chi connectivity index (χ3v) is 7.08.